The third-order valence-corrected chi connectivity index (χ3v) is 2.46. The van der Waals surface area contributed by atoms with Gasteiger partial charge < -0.3 is 12.4 Å². The van der Waals surface area contributed by atoms with Crippen molar-refractivity contribution in [3.05, 3.63) is 29.8 Å². The van der Waals surface area contributed by atoms with Crippen LogP contribution >= 0.6 is 0 Å². The van der Waals surface area contributed by atoms with E-state index in [2.05, 4.69) is 45.4 Å². The Bertz CT molecular complexity index is 305. The van der Waals surface area contributed by atoms with Gasteiger partial charge in [0.05, 0.1) is 0 Å². The molecule has 0 aliphatic rings. The van der Waals surface area contributed by atoms with Crippen molar-refractivity contribution in [3.63, 3.8) is 0 Å². The lowest BCUT2D eigenvalue weighted by Gasteiger charge is -2.20. The van der Waals surface area contributed by atoms with Crippen molar-refractivity contribution in [2.24, 2.45) is 0 Å². The molecule has 1 nitrogen and oxygen atoms in total. The van der Waals surface area contributed by atoms with Gasteiger partial charge in [-0.3, -0.25) is 4.18 Å². The van der Waals surface area contributed by atoms with Crippen LogP contribution in [0.5, 0.6) is 5.75 Å². The Kier molecular flexibility index (Phi) is 5.54. The third-order valence-electron chi connectivity index (χ3n) is 1.95. The van der Waals surface area contributed by atoms with E-state index in [0.29, 0.717) is 0 Å². The molecule has 0 saturated heterocycles. The molecule has 0 unspecified atom stereocenters. The maximum absolute atomic E-state index is 5.80. The summed E-state index contributed by atoms with van der Waals surface area (Å²) in [6.45, 7) is 6.62. The highest BCUT2D eigenvalue weighted by Gasteiger charge is 2.21. The molecule has 0 aliphatic carbocycles. The summed E-state index contributed by atoms with van der Waals surface area (Å²) in [6.07, 6.45) is 4.17. The van der Waals surface area contributed by atoms with Gasteiger partial charge in [0.25, 0.3) is 0 Å². The fraction of sp³-hybridized carbons (Fsp3) is 0.500. The molecule has 3 heteroatoms. The molecule has 0 heterocycles. The van der Waals surface area contributed by atoms with Crippen molar-refractivity contribution in [2.75, 3.05) is 12.5 Å². The average molecular weight is 247 g/mol. The summed E-state index contributed by atoms with van der Waals surface area (Å²) in [4.78, 5) is 0. The molecule has 0 amide bonds. The van der Waals surface area contributed by atoms with Gasteiger partial charge in [-0.15, -0.1) is 0 Å². The Hall–Kier alpha value is -0.340. The Labute approximate surface area is 102 Å². The molecule has 0 N–H and O–H groups in total. The van der Waals surface area contributed by atoms with Crippen LogP contribution in [0.15, 0.2) is 24.3 Å². The molecular formula is C12H19ClOS. The quantitative estimate of drug-likeness (QED) is 0.676. The minimum Gasteiger partial charge on any atom is -1.00 e. The van der Waals surface area contributed by atoms with Crippen molar-refractivity contribution < 1.29 is 16.6 Å². The van der Waals surface area contributed by atoms with Crippen LogP contribution in [0.2, 0.25) is 0 Å². The average Bonchev–Trinajstić information content (AvgIpc) is 2.01. The molecule has 0 atom stereocenters. The molecule has 0 radical (unpaired) electrons. The third kappa shape index (κ3) is 4.35. The SMILES string of the molecule is C[S+](C)Oc1ccccc1C(C)(C)C.[Cl-]. The maximum Gasteiger partial charge on any atom is 0.191 e. The van der Waals surface area contributed by atoms with Gasteiger partial charge in [0, 0.05) is 5.56 Å². The fourth-order valence-electron chi connectivity index (χ4n) is 1.34. The van der Waals surface area contributed by atoms with Gasteiger partial charge in [0.15, 0.2) is 16.9 Å². The second kappa shape index (κ2) is 5.66. The lowest BCUT2D eigenvalue weighted by Crippen LogP contribution is -3.00. The summed E-state index contributed by atoms with van der Waals surface area (Å²) in [5.41, 5.74) is 1.43. The maximum atomic E-state index is 5.80. The van der Waals surface area contributed by atoms with Crippen molar-refractivity contribution in [1.82, 2.24) is 0 Å². The monoisotopic (exact) mass is 246 g/mol. The lowest BCUT2D eigenvalue weighted by atomic mass is 9.86. The number of para-hydroxylation sites is 1. The smallest absolute Gasteiger partial charge is 0.191 e. The fourth-order valence-corrected chi connectivity index (χ4v) is 1.84. The molecule has 1 aromatic rings. The molecule has 0 fully saturated rings. The van der Waals surface area contributed by atoms with Crippen molar-refractivity contribution in [2.45, 2.75) is 26.2 Å². The van der Waals surface area contributed by atoms with E-state index in [0.717, 1.165) is 5.75 Å². The van der Waals surface area contributed by atoms with Crippen LogP contribution in [-0.2, 0) is 16.6 Å². The highest BCUT2D eigenvalue weighted by Crippen LogP contribution is 2.31. The minimum absolute atomic E-state index is 0. The first-order valence-electron chi connectivity index (χ1n) is 4.76. The summed E-state index contributed by atoms with van der Waals surface area (Å²) >= 11 is -0.0116. The predicted octanol–water partition coefficient (Wildman–Crippen LogP) is 0.160. The topological polar surface area (TPSA) is 9.23 Å². The number of halogens is 1. The van der Waals surface area contributed by atoms with E-state index in [1.807, 2.05) is 12.1 Å². The van der Waals surface area contributed by atoms with Gasteiger partial charge in [-0.1, -0.05) is 39.0 Å². The summed E-state index contributed by atoms with van der Waals surface area (Å²) in [5.74, 6) is 1.02. The Morgan fingerprint density at radius 3 is 2.07 bits per heavy atom. The van der Waals surface area contributed by atoms with Gasteiger partial charge in [-0.25, -0.2) is 0 Å². The Balaban J connectivity index is 0.00000196. The molecule has 0 bridgehead atoms. The summed E-state index contributed by atoms with van der Waals surface area (Å²) in [5, 5.41) is 0. The van der Waals surface area contributed by atoms with Gasteiger partial charge in [0.1, 0.15) is 12.5 Å². The summed E-state index contributed by atoms with van der Waals surface area (Å²) < 4.78 is 5.80. The molecule has 15 heavy (non-hydrogen) atoms. The molecule has 0 aromatic heterocycles. The van der Waals surface area contributed by atoms with E-state index in [4.69, 9.17) is 4.18 Å². The second-order valence-corrected chi connectivity index (χ2v) is 6.22. The first kappa shape index (κ1) is 14.7. The van der Waals surface area contributed by atoms with E-state index in [1.54, 1.807) is 0 Å². The minimum atomic E-state index is -0.0116. The normalized spacial score (nSPS) is 11.1. The highest BCUT2D eigenvalue weighted by molar-refractivity contribution is 7.91. The van der Waals surface area contributed by atoms with Crippen LogP contribution in [-0.4, -0.2) is 12.5 Å². The van der Waals surface area contributed by atoms with Crippen molar-refractivity contribution in [1.29, 1.82) is 0 Å². The van der Waals surface area contributed by atoms with Crippen molar-refractivity contribution >= 4 is 11.2 Å². The second-order valence-electron chi connectivity index (χ2n) is 4.57. The molecule has 0 saturated carbocycles. The van der Waals surface area contributed by atoms with Gasteiger partial charge in [-0.2, -0.15) is 0 Å². The predicted molar refractivity (Wildman–Crippen MR) is 65.0 cm³/mol. The Morgan fingerprint density at radius 1 is 1.07 bits per heavy atom. The van der Waals surface area contributed by atoms with Crippen molar-refractivity contribution in [3.8, 4) is 5.75 Å². The zero-order valence-electron chi connectivity index (χ0n) is 10.0. The molecule has 0 spiro atoms. The van der Waals surface area contributed by atoms with Crippen LogP contribution in [0.3, 0.4) is 0 Å². The Morgan fingerprint density at radius 2 is 1.60 bits per heavy atom. The number of benzene rings is 1. The van der Waals surface area contributed by atoms with Crippen LogP contribution in [0, 0.1) is 0 Å². The van der Waals surface area contributed by atoms with Crippen LogP contribution in [0.1, 0.15) is 26.3 Å². The first-order valence-corrected chi connectivity index (χ1v) is 6.73. The molecule has 86 valence electrons. The summed E-state index contributed by atoms with van der Waals surface area (Å²) in [6, 6.07) is 8.28. The molecule has 1 aromatic carbocycles. The van der Waals surface area contributed by atoms with Gasteiger partial charge >= 0.3 is 0 Å². The molecule has 0 aliphatic heterocycles. The van der Waals surface area contributed by atoms with E-state index in [9.17, 15) is 0 Å². The molecular weight excluding hydrogens is 228 g/mol. The zero-order chi connectivity index (χ0) is 10.8. The number of rotatable bonds is 2. The summed E-state index contributed by atoms with van der Waals surface area (Å²) in [7, 11) is 0. The van der Waals surface area contributed by atoms with E-state index < -0.39 is 0 Å². The highest BCUT2D eigenvalue weighted by atomic mass is 35.5. The first-order chi connectivity index (χ1) is 6.41. The number of hydrogen-bond donors (Lipinski definition) is 0. The van der Waals surface area contributed by atoms with E-state index in [-0.39, 0.29) is 29.0 Å². The van der Waals surface area contributed by atoms with Crippen LogP contribution in [0.25, 0.3) is 0 Å². The number of hydrogen-bond acceptors (Lipinski definition) is 1. The molecule has 1 rings (SSSR count). The standard InChI is InChI=1S/C12H19OS.ClH/c1-12(2,3)10-8-6-7-9-11(10)13-14(4)5;/h6-9H,1-5H3;1H/q+1;/p-1. The van der Waals surface area contributed by atoms with Gasteiger partial charge in [0.2, 0.25) is 0 Å². The van der Waals surface area contributed by atoms with Crippen LogP contribution in [0.4, 0.5) is 0 Å². The van der Waals surface area contributed by atoms with E-state index in [1.165, 1.54) is 5.56 Å². The van der Waals surface area contributed by atoms with E-state index >= 15 is 0 Å². The van der Waals surface area contributed by atoms with Gasteiger partial charge in [-0.05, 0) is 11.5 Å². The largest absolute Gasteiger partial charge is 1.00 e. The van der Waals surface area contributed by atoms with Crippen LogP contribution < -0.4 is 16.6 Å². The lowest BCUT2D eigenvalue weighted by molar-refractivity contribution is -0.00000415. The zero-order valence-corrected chi connectivity index (χ0v) is 11.6.